The van der Waals surface area contributed by atoms with Gasteiger partial charge >= 0.3 is 8.48 Å². The molecule has 1 unspecified atom stereocenters. The molecule has 0 bridgehead atoms. The Hall–Kier alpha value is -3.30. The zero-order valence-electron chi connectivity index (χ0n) is 18.5. The van der Waals surface area contributed by atoms with E-state index in [1.807, 2.05) is 0 Å². The van der Waals surface area contributed by atoms with Gasteiger partial charge in [-0.2, -0.15) is 0 Å². The van der Waals surface area contributed by atoms with Gasteiger partial charge in [0.25, 0.3) is 0 Å². The van der Waals surface area contributed by atoms with E-state index in [4.69, 9.17) is 4.43 Å². The van der Waals surface area contributed by atoms with Crippen molar-refractivity contribution < 1.29 is 4.43 Å². The Morgan fingerprint density at radius 3 is 2.06 bits per heavy atom. The molecule has 1 aliphatic rings. The molecule has 0 radical (unpaired) electrons. The largest absolute Gasteiger partial charge is 0.520 e. The summed E-state index contributed by atoms with van der Waals surface area (Å²) >= 11 is 0. The third-order valence-corrected chi connectivity index (χ3v) is 9.71. The summed E-state index contributed by atoms with van der Waals surface area (Å²) in [5.41, 5.74) is 8.65. The van der Waals surface area contributed by atoms with Crippen molar-refractivity contribution in [1.82, 2.24) is 0 Å². The van der Waals surface area contributed by atoms with Crippen molar-refractivity contribution >= 4 is 25.0 Å². The zero-order chi connectivity index (χ0) is 21.6. The Bertz CT molecular complexity index is 1250. The first kappa shape index (κ1) is 19.6. The molecule has 0 aliphatic carbocycles. The van der Waals surface area contributed by atoms with Crippen LogP contribution in [-0.4, -0.2) is 8.48 Å². The number of aryl methyl sites for hydroxylation is 3. The van der Waals surface area contributed by atoms with E-state index >= 15 is 0 Å². The summed E-state index contributed by atoms with van der Waals surface area (Å²) in [5.74, 6) is 0.992. The zero-order valence-corrected chi connectivity index (χ0v) is 19.5. The van der Waals surface area contributed by atoms with Crippen molar-refractivity contribution in [3.05, 3.63) is 108 Å². The minimum atomic E-state index is -2.50. The summed E-state index contributed by atoms with van der Waals surface area (Å²) in [7, 11) is -2.50. The van der Waals surface area contributed by atoms with Crippen LogP contribution < -0.4 is 14.2 Å². The maximum Gasteiger partial charge on any atom is 0.396 e. The van der Waals surface area contributed by atoms with Gasteiger partial charge in [-0.25, -0.2) is 0 Å². The molecule has 1 heterocycles. The van der Waals surface area contributed by atoms with Crippen molar-refractivity contribution in [2.45, 2.75) is 27.3 Å². The fourth-order valence-corrected chi connectivity index (χ4v) is 7.57. The number of hydrogen-bond acceptors (Lipinski definition) is 2. The van der Waals surface area contributed by atoms with E-state index in [9.17, 15) is 0 Å². The van der Waals surface area contributed by atoms with Crippen molar-refractivity contribution in [2.24, 2.45) is 0 Å². The second kappa shape index (κ2) is 7.43. The second-order valence-electron chi connectivity index (χ2n) is 8.61. The first-order valence-electron chi connectivity index (χ1n) is 10.8. The monoisotopic (exact) mass is 421 g/mol. The summed E-state index contributed by atoms with van der Waals surface area (Å²) in [6, 6.07) is 32.7. The molecule has 0 saturated carbocycles. The summed E-state index contributed by atoms with van der Waals surface area (Å²) in [6.45, 7) is 8.78. The number of hydrogen-bond donors (Lipinski definition) is 0. The molecule has 0 spiro atoms. The third kappa shape index (κ3) is 3.35. The van der Waals surface area contributed by atoms with Crippen molar-refractivity contribution in [1.29, 1.82) is 0 Å². The lowest BCUT2D eigenvalue weighted by Crippen LogP contribution is -2.60. The van der Waals surface area contributed by atoms with E-state index in [2.05, 4.69) is 123 Å². The molecule has 0 fully saturated rings. The first-order valence-corrected chi connectivity index (χ1v) is 13.1. The van der Waals surface area contributed by atoms with Crippen molar-refractivity contribution in [3.8, 4) is 16.9 Å². The molecule has 1 atom stereocenters. The molecule has 0 aromatic heterocycles. The van der Waals surface area contributed by atoms with Gasteiger partial charge in [-0.05, 0) is 84.6 Å². The molecule has 0 amide bonds. The van der Waals surface area contributed by atoms with Crippen molar-refractivity contribution in [3.63, 3.8) is 0 Å². The highest BCUT2D eigenvalue weighted by Crippen LogP contribution is 2.46. The van der Waals surface area contributed by atoms with Gasteiger partial charge in [-0.3, -0.25) is 0 Å². The SMILES string of the molecule is Cc1cccc(N2c3cc(C)c(C)cc3O[Si]2(C)c2ccc(-c3ccccc3)cc2)c1. The lowest BCUT2D eigenvalue weighted by atomic mass is 10.1. The molecule has 4 aromatic carbocycles. The lowest BCUT2D eigenvalue weighted by molar-refractivity contribution is 0.581. The van der Waals surface area contributed by atoms with Crippen LogP contribution >= 0.6 is 0 Å². The highest BCUT2D eigenvalue weighted by atomic mass is 28.4. The van der Waals surface area contributed by atoms with Gasteiger partial charge in [-0.1, -0.05) is 66.7 Å². The Morgan fingerprint density at radius 1 is 0.677 bits per heavy atom. The molecule has 3 heteroatoms. The number of anilines is 2. The Kier molecular flexibility index (Phi) is 4.71. The van der Waals surface area contributed by atoms with Crippen LogP contribution in [0.5, 0.6) is 5.75 Å². The predicted octanol–water partition coefficient (Wildman–Crippen LogP) is 6.79. The van der Waals surface area contributed by atoms with Crippen LogP contribution in [-0.2, 0) is 0 Å². The summed E-state index contributed by atoms with van der Waals surface area (Å²) in [6.07, 6.45) is 0. The maximum atomic E-state index is 6.83. The average molecular weight is 422 g/mol. The van der Waals surface area contributed by atoms with Gasteiger partial charge in [-0.15, -0.1) is 0 Å². The van der Waals surface area contributed by atoms with E-state index in [0.29, 0.717) is 0 Å². The van der Waals surface area contributed by atoms with Crippen LogP contribution in [0.15, 0.2) is 91.0 Å². The molecule has 31 heavy (non-hydrogen) atoms. The Morgan fingerprint density at radius 2 is 1.35 bits per heavy atom. The van der Waals surface area contributed by atoms with Gasteiger partial charge < -0.3 is 8.99 Å². The molecule has 0 saturated heterocycles. The van der Waals surface area contributed by atoms with Crippen LogP contribution in [0, 0.1) is 20.8 Å². The van der Waals surface area contributed by atoms with E-state index < -0.39 is 8.48 Å². The standard InChI is InChI=1S/C28H27NOSi/c1-20-9-8-12-25(17-20)29-27-18-21(2)22(3)19-28(27)30-31(29,4)26-15-13-24(14-16-26)23-10-6-5-7-11-23/h5-19H,1-4H3. The average Bonchev–Trinajstić information content (AvgIpc) is 3.07. The summed E-state index contributed by atoms with van der Waals surface area (Å²) < 4.78 is 9.31. The number of benzene rings is 4. The van der Waals surface area contributed by atoms with Crippen LogP contribution in [0.2, 0.25) is 6.55 Å². The van der Waals surface area contributed by atoms with Gasteiger partial charge in [0.1, 0.15) is 5.75 Å². The maximum absolute atomic E-state index is 6.83. The minimum absolute atomic E-state index is 0.992. The van der Waals surface area contributed by atoms with Gasteiger partial charge in [0.15, 0.2) is 0 Å². The normalized spacial score (nSPS) is 17.4. The highest BCUT2D eigenvalue weighted by molar-refractivity contribution is 6.91. The molecule has 5 rings (SSSR count). The van der Waals surface area contributed by atoms with Gasteiger partial charge in [0.05, 0.1) is 5.69 Å². The van der Waals surface area contributed by atoms with E-state index in [1.54, 1.807) is 0 Å². The smallest absolute Gasteiger partial charge is 0.396 e. The summed E-state index contributed by atoms with van der Waals surface area (Å²) in [4.78, 5) is 0. The van der Waals surface area contributed by atoms with E-state index in [-0.39, 0.29) is 0 Å². The number of nitrogens with zero attached hydrogens (tertiary/aromatic N) is 1. The van der Waals surface area contributed by atoms with Crippen LogP contribution in [0.25, 0.3) is 11.1 Å². The van der Waals surface area contributed by atoms with Crippen LogP contribution in [0.3, 0.4) is 0 Å². The van der Waals surface area contributed by atoms with Crippen LogP contribution in [0.4, 0.5) is 11.4 Å². The summed E-state index contributed by atoms with van der Waals surface area (Å²) in [5, 5.41) is 1.26. The quantitative estimate of drug-likeness (QED) is 0.338. The predicted molar refractivity (Wildman–Crippen MR) is 133 cm³/mol. The van der Waals surface area contributed by atoms with Crippen molar-refractivity contribution in [2.75, 3.05) is 4.57 Å². The Balaban J connectivity index is 1.64. The molecular weight excluding hydrogens is 394 g/mol. The minimum Gasteiger partial charge on any atom is -0.520 e. The number of fused-ring (bicyclic) bond motifs is 1. The fourth-order valence-electron chi connectivity index (χ4n) is 4.46. The molecule has 1 aliphatic heterocycles. The van der Waals surface area contributed by atoms with E-state index in [0.717, 1.165) is 5.75 Å². The highest BCUT2D eigenvalue weighted by Gasteiger charge is 2.49. The topological polar surface area (TPSA) is 12.5 Å². The lowest BCUT2D eigenvalue weighted by Gasteiger charge is -2.33. The molecule has 154 valence electrons. The molecule has 2 nitrogen and oxygen atoms in total. The Labute approximate surface area is 186 Å². The number of rotatable bonds is 3. The van der Waals surface area contributed by atoms with Gasteiger partial charge in [0, 0.05) is 5.69 Å². The van der Waals surface area contributed by atoms with E-state index in [1.165, 1.54) is 44.4 Å². The van der Waals surface area contributed by atoms with Gasteiger partial charge in [0.2, 0.25) is 0 Å². The third-order valence-electron chi connectivity index (χ3n) is 6.34. The molecule has 0 N–H and O–H groups in total. The fraction of sp³-hybridized carbons (Fsp3) is 0.143. The first-order chi connectivity index (χ1) is 15.0. The second-order valence-corrected chi connectivity index (χ2v) is 11.8. The molecule has 4 aromatic rings. The molecular formula is C28H27NOSi. The van der Waals surface area contributed by atoms with Crippen LogP contribution in [0.1, 0.15) is 16.7 Å².